The Morgan fingerprint density at radius 1 is 1.24 bits per heavy atom. The van der Waals surface area contributed by atoms with Crippen molar-refractivity contribution in [3.63, 3.8) is 0 Å². The highest BCUT2D eigenvalue weighted by Crippen LogP contribution is 2.25. The van der Waals surface area contributed by atoms with Crippen LogP contribution >= 0.6 is 15.9 Å². The van der Waals surface area contributed by atoms with E-state index in [1.807, 2.05) is 22.7 Å². The first-order valence-electron chi connectivity index (χ1n) is 5.35. The van der Waals surface area contributed by atoms with Crippen LogP contribution in [0.1, 0.15) is 11.1 Å². The van der Waals surface area contributed by atoms with Crippen LogP contribution < -0.4 is 0 Å². The lowest BCUT2D eigenvalue weighted by Crippen LogP contribution is -1.88. The molecule has 0 amide bonds. The summed E-state index contributed by atoms with van der Waals surface area (Å²) in [4.78, 5) is 4.59. The maximum Gasteiger partial charge on any atom is 0.169 e. The monoisotopic (exact) mass is 290 g/mol. The van der Waals surface area contributed by atoms with Crippen LogP contribution in [0.15, 0.2) is 39.7 Å². The van der Waals surface area contributed by atoms with E-state index in [4.69, 9.17) is 4.42 Å². The summed E-state index contributed by atoms with van der Waals surface area (Å²) in [5.41, 5.74) is 4.21. The van der Waals surface area contributed by atoms with E-state index in [1.54, 1.807) is 0 Å². The van der Waals surface area contributed by atoms with Gasteiger partial charge in [-0.1, -0.05) is 6.07 Å². The lowest BCUT2D eigenvalue weighted by molar-refractivity contribution is 0.554. The van der Waals surface area contributed by atoms with Gasteiger partial charge in [0.1, 0.15) is 11.3 Å². The zero-order valence-corrected chi connectivity index (χ0v) is 11.2. The third kappa shape index (κ3) is 1.78. The molecule has 0 aliphatic carbocycles. The second kappa shape index (κ2) is 3.74. The summed E-state index contributed by atoms with van der Waals surface area (Å²) >= 11 is 3.30. The summed E-state index contributed by atoms with van der Waals surface area (Å²) in [6.45, 7) is 4.15. The number of hydrogen-bond acceptors (Lipinski definition) is 2. The molecule has 0 atom stereocenters. The molecule has 4 heteroatoms. The fraction of sp³-hybridized carbons (Fsp3) is 0.154. The van der Waals surface area contributed by atoms with Gasteiger partial charge in [0.2, 0.25) is 0 Å². The number of furan rings is 1. The molecule has 0 bridgehead atoms. The van der Waals surface area contributed by atoms with Crippen molar-refractivity contribution in [1.29, 1.82) is 0 Å². The Bertz CT molecular complexity index is 697. The molecule has 3 heterocycles. The predicted octanol–water partition coefficient (Wildman–Crippen LogP) is 3.97. The number of halogens is 1. The van der Waals surface area contributed by atoms with E-state index in [0.717, 1.165) is 21.8 Å². The van der Waals surface area contributed by atoms with Gasteiger partial charge in [-0.15, -0.1) is 0 Å². The standard InChI is InChI=1S/C13H11BrN2O/c1-8-5-9(2)13-15-10(7-16(13)6-8)11-3-4-12(14)17-11/h3-7H,1-2H3. The molecule has 0 radical (unpaired) electrons. The van der Waals surface area contributed by atoms with Gasteiger partial charge in [-0.05, 0) is 53.0 Å². The number of imidazole rings is 1. The van der Waals surface area contributed by atoms with Gasteiger partial charge in [0.15, 0.2) is 10.4 Å². The van der Waals surface area contributed by atoms with E-state index >= 15 is 0 Å². The van der Waals surface area contributed by atoms with Crippen molar-refractivity contribution in [2.45, 2.75) is 13.8 Å². The molecule has 3 aromatic rings. The highest BCUT2D eigenvalue weighted by Gasteiger charge is 2.09. The van der Waals surface area contributed by atoms with Crippen LogP contribution in [-0.2, 0) is 0 Å². The highest BCUT2D eigenvalue weighted by molar-refractivity contribution is 9.10. The van der Waals surface area contributed by atoms with E-state index in [9.17, 15) is 0 Å². The average molecular weight is 291 g/mol. The molecular formula is C13H11BrN2O. The van der Waals surface area contributed by atoms with Crippen molar-refractivity contribution in [3.8, 4) is 11.5 Å². The summed E-state index contributed by atoms with van der Waals surface area (Å²) in [6, 6.07) is 5.91. The number of hydrogen-bond donors (Lipinski definition) is 0. The van der Waals surface area contributed by atoms with Crippen molar-refractivity contribution in [2.75, 3.05) is 0 Å². The van der Waals surface area contributed by atoms with Crippen LogP contribution in [0.5, 0.6) is 0 Å². The van der Waals surface area contributed by atoms with Crippen LogP contribution in [0.3, 0.4) is 0 Å². The quantitative estimate of drug-likeness (QED) is 0.679. The van der Waals surface area contributed by atoms with Gasteiger partial charge in [0, 0.05) is 12.4 Å². The Kier molecular flexibility index (Phi) is 2.33. The maximum absolute atomic E-state index is 5.51. The molecule has 0 N–H and O–H groups in total. The molecule has 0 saturated carbocycles. The van der Waals surface area contributed by atoms with Crippen molar-refractivity contribution in [2.24, 2.45) is 0 Å². The molecule has 3 aromatic heterocycles. The zero-order valence-electron chi connectivity index (χ0n) is 9.57. The van der Waals surface area contributed by atoms with Crippen LogP contribution in [0.25, 0.3) is 17.1 Å². The highest BCUT2D eigenvalue weighted by atomic mass is 79.9. The Hall–Kier alpha value is -1.55. The summed E-state index contributed by atoms with van der Waals surface area (Å²) < 4.78 is 8.27. The summed E-state index contributed by atoms with van der Waals surface area (Å²) in [5.74, 6) is 0.776. The zero-order chi connectivity index (χ0) is 12.0. The van der Waals surface area contributed by atoms with Gasteiger partial charge in [-0.3, -0.25) is 0 Å². The van der Waals surface area contributed by atoms with Gasteiger partial charge < -0.3 is 8.82 Å². The maximum atomic E-state index is 5.51. The van der Waals surface area contributed by atoms with Gasteiger partial charge in [0.25, 0.3) is 0 Å². The lowest BCUT2D eigenvalue weighted by atomic mass is 10.2. The molecule has 0 aromatic carbocycles. The van der Waals surface area contributed by atoms with Crippen molar-refractivity contribution >= 4 is 21.6 Å². The molecule has 0 spiro atoms. The Morgan fingerprint density at radius 2 is 2.06 bits per heavy atom. The summed E-state index contributed by atoms with van der Waals surface area (Å²) in [7, 11) is 0. The molecule has 17 heavy (non-hydrogen) atoms. The average Bonchev–Trinajstić information content (AvgIpc) is 2.83. The van der Waals surface area contributed by atoms with Gasteiger partial charge in [0.05, 0.1) is 0 Å². The van der Waals surface area contributed by atoms with Crippen molar-refractivity contribution in [3.05, 3.63) is 46.4 Å². The predicted molar refractivity (Wildman–Crippen MR) is 70.1 cm³/mol. The minimum Gasteiger partial charge on any atom is -0.448 e. The minimum absolute atomic E-state index is 0.720. The van der Waals surface area contributed by atoms with Gasteiger partial charge in [-0.25, -0.2) is 4.98 Å². The number of nitrogens with zero attached hydrogens (tertiary/aromatic N) is 2. The van der Waals surface area contributed by atoms with E-state index in [1.165, 1.54) is 11.1 Å². The first-order valence-corrected chi connectivity index (χ1v) is 6.14. The Balaban J connectivity index is 2.23. The molecule has 3 nitrogen and oxygen atoms in total. The fourth-order valence-electron chi connectivity index (χ4n) is 2.02. The number of pyridine rings is 1. The number of rotatable bonds is 1. The van der Waals surface area contributed by atoms with Crippen molar-refractivity contribution < 1.29 is 4.42 Å². The van der Waals surface area contributed by atoms with E-state index < -0.39 is 0 Å². The third-order valence-corrected chi connectivity index (χ3v) is 3.12. The third-order valence-electron chi connectivity index (χ3n) is 2.70. The molecule has 0 aliphatic rings. The molecule has 0 saturated heterocycles. The smallest absolute Gasteiger partial charge is 0.169 e. The van der Waals surface area contributed by atoms with E-state index in [0.29, 0.717) is 0 Å². The molecule has 0 fully saturated rings. The van der Waals surface area contributed by atoms with Gasteiger partial charge >= 0.3 is 0 Å². The number of aromatic nitrogens is 2. The number of fused-ring (bicyclic) bond motifs is 1. The molecule has 0 aliphatic heterocycles. The number of aryl methyl sites for hydroxylation is 2. The Morgan fingerprint density at radius 3 is 2.76 bits per heavy atom. The Labute approximate surface area is 107 Å². The SMILES string of the molecule is Cc1cc(C)c2nc(-c3ccc(Br)o3)cn2c1. The molecule has 86 valence electrons. The first-order chi connectivity index (χ1) is 8.13. The van der Waals surface area contributed by atoms with Gasteiger partial charge in [-0.2, -0.15) is 0 Å². The van der Waals surface area contributed by atoms with Crippen LogP contribution in [0.4, 0.5) is 0 Å². The van der Waals surface area contributed by atoms with Crippen LogP contribution in [-0.4, -0.2) is 9.38 Å². The lowest BCUT2D eigenvalue weighted by Gasteiger charge is -1.98. The van der Waals surface area contributed by atoms with E-state index in [2.05, 4.69) is 47.0 Å². The van der Waals surface area contributed by atoms with Crippen LogP contribution in [0, 0.1) is 13.8 Å². The van der Waals surface area contributed by atoms with Crippen molar-refractivity contribution in [1.82, 2.24) is 9.38 Å². The molecule has 3 rings (SSSR count). The molecule has 0 unspecified atom stereocenters. The first kappa shape index (κ1) is 10.6. The van der Waals surface area contributed by atoms with E-state index in [-0.39, 0.29) is 0 Å². The molecular weight excluding hydrogens is 280 g/mol. The second-order valence-electron chi connectivity index (χ2n) is 4.16. The largest absolute Gasteiger partial charge is 0.448 e. The fourth-order valence-corrected chi connectivity index (χ4v) is 2.32. The topological polar surface area (TPSA) is 30.4 Å². The summed E-state index contributed by atoms with van der Waals surface area (Å²) in [5, 5.41) is 0. The minimum atomic E-state index is 0.720. The summed E-state index contributed by atoms with van der Waals surface area (Å²) in [6.07, 6.45) is 4.05. The normalized spacial score (nSPS) is 11.2. The second-order valence-corrected chi connectivity index (χ2v) is 4.94. The van der Waals surface area contributed by atoms with Crippen LogP contribution in [0.2, 0.25) is 0 Å².